The molecule has 1 amide bonds. The van der Waals surface area contributed by atoms with Gasteiger partial charge in [0.15, 0.2) is 0 Å². The number of H-pyrrole nitrogens is 1. The third kappa shape index (κ3) is 3.50. The van der Waals surface area contributed by atoms with Gasteiger partial charge >= 0.3 is 0 Å². The lowest BCUT2D eigenvalue weighted by atomic mass is 10.1. The number of nitrogens with one attached hydrogen (secondary N) is 1. The fourth-order valence-electron chi connectivity index (χ4n) is 2.86. The third-order valence-corrected chi connectivity index (χ3v) is 4.28. The number of nitrogens with zero attached hydrogens (tertiary/aromatic N) is 6. The van der Waals surface area contributed by atoms with Crippen LogP contribution in [0.1, 0.15) is 15.9 Å². The van der Waals surface area contributed by atoms with Gasteiger partial charge in [0.1, 0.15) is 24.3 Å². The van der Waals surface area contributed by atoms with Crippen LogP contribution in [0.3, 0.4) is 0 Å². The molecule has 1 N–H and O–H groups in total. The predicted molar refractivity (Wildman–Crippen MR) is 98.9 cm³/mol. The predicted octanol–water partition coefficient (Wildman–Crippen LogP) is 2.46. The van der Waals surface area contributed by atoms with Crippen molar-refractivity contribution in [2.24, 2.45) is 0 Å². The van der Waals surface area contributed by atoms with Crippen LogP contribution in [0.15, 0.2) is 61.4 Å². The Kier molecular flexibility index (Phi) is 4.63. The van der Waals surface area contributed by atoms with Crippen LogP contribution in [0.4, 0.5) is 4.39 Å². The maximum absolute atomic E-state index is 13.2. The Bertz CT molecular complexity index is 1090. The van der Waals surface area contributed by atoms with E-state index >= 15 is 0 Å². The average Bonchev–Trinajstić information content (AvgIpc) is 3.40. The van der Waals surface area contributed by atoms with Gasteiger partial charge in [-0.05, 0) is 36.4 Å². The van der Waals surface area contributed by atoms with Gasteiger partial charge in [0.25, 0.3) is 5.91 Å². The average molecular weight is 377 g/mol. The van der Waals surface area contributed by atoms with E-state index in [0.717, 1.165) is 16.8 Å². The van der Waals surface area contributed by atoms with Gasteiger partial charge in [-0.15, -0.1) is 10.2 Å². The van der Waals surface area contributed by atoms with Crippen molar-refractivity contribution in [1.82, 2.24) is 34.8 Å². The summed E-state index contributed by atoms with van der Waals surface area (Å²) >= 11 is 0. The number of hydrogen-bond acceptors (Lipinski definition) is 5. The molecular formula is C19H16FN7O. The molecule has 1 aromatic carbocycles. The van der Waals surface area contributed by atoms with Gasteiger partial charge in [0, 0.05) is 36.5 Å². The molecule has 140 valence electrons. The van der Waals surface area contributed by atoms with Crippen molar-refractivity contribution in [3.63, 3.8) is 0 Å². The number of aromatic amines is 1. The fraction of sp³-hybridized carbons (Fsp3) is 0.105. The van der Waals surface area contributed by atoms with Gasteiger partial charge in [-0.25, -0.2) is 9.37 Å². The molecule has 0 atom stereocenters. The molecule has 0 radical (unpaired) electrons. The van der Waals surface area contributed by atoms with Gasteiger partial charge in [-0.1, -0.05) is 0 Å². The van der Waals surface area contributed by atoms with Crippen molar-refractivity contribution >= 4 is 5.91 Å². The van der Waals surface area contributed by atoms with Gasteiger partial charge < -0.3 is 4.90 Å². The standard InChI is InChI=1S/C19H16FN7O/c1-26(10-15-9-22-25-18(15)13-2-4-16(20)5-3-13)19(28)14-6-7-21-17(8-14)27-11-23-24-12-27/h2-9,11-12H,10H2,1H3,(H,22,25). The summed E-state index contributed by atoms with van der Waals surface area (Å²) in [5.41, 5.74) is 2.87. The first-order valence-corrected chi connectivity index (χ1v) is 8.46. The van der Waals surface area contributed by atoms with Gasteiger partial charge in [0.2, 0.25) is 0 Å². The van der Waals surface area contributed by atoms with Crippen molar-refractivity contribution in [1.29, 1.82) is 0 Å². The molecule has 4 aromatic rings. The first kappa shape index (κ1) is 17.5. The molecule has 0 spiro atoms. The molecule has 9 heteroatoms. The van der Waals surface area contributed by atoms with Crippen LogP contribution in [0.25, 0.3) is 17.1 Å². The number of amides is 1. The number of benzene rings is 1. The van der Waals surface area contributed by atoms with Crippen molar-refractivity contribution in [3.8, 4) is 17.1 Å². The number of rotatable bonds is 5. The van der Waals surface area contributed by atoms with Crippen LogP contribution in [0.5, 0.6) is 0 Å². The van der Waals surface area contributed by atoms with Crippen LogP contribution < -0.4 is 0 Å². The Morgan fingerprint density at radius 1 is 1.18 bits per heavy atom. The smallest absolute Gasteiger partial charge is 0.254 e. The first-order valence-electron chi connectivity index (χ1n) is 8.46. The fourth-order valence-corrected chi connectivity index (χ4v) is 2.86. The van der Waals surface area contributed by atoms with Crippen LogP contribution in [0.2, 0.25) is 0 Å². The van der Waals surface area contributed by atoms with E-state index in [9.17, 15) is 9.18 Å². The Labute approximate surface area is 159 Å². The molecule has 0 saturated heterocycles. The molecule has 0 fully saturated rings. The van der Waals surface area contributed by atoms with Gasteiger partial charge in [0.05, 0.1) is 11.9 Å². The van der Waals surface area contributed by atoms with Crippen molar-refractivity contribution in [2.75, 3.05) is 7.05 Å². The van der Waals surface area contributed by atoms with Crippen molar-refractivity contribution in [2.45, 2.75) is 6.54 Å². The highest BCUT2D eigenvalue weighted by atomic mass is 19.1. The zero-order valence-corrected chi connectivity index (χ0v) is 15.0. The Hall–Kier alpha value is -3.88. The minimum atomic E-state index is -0.307. The molecule has 0 aliphatic carbocycles. The maximum atomic E-state index is 13.2. The topological polar surface area (TPSA) is 92.6 Å². The van der Waals surface area contributed by atoms with E-state index in [-0.39, 0.29) is 11.7 Å². The number of hydrogen-bond donors (Lipinski definition) is 1. The number of aromatic nitrogens is 6. The van der Waals surface area contributed by atoms with Crippen LogP contribution >= 0.6 is 0 Å². The van der Waals surface area contributed by atoms with Gasteiger partial charge in [-0.2, -0.15) is 5.10 Å². The zero-order chi connectivity index (χ0) is 19.5. The van der Waals surface area contributed by atoms with E-state index in [2.05, 4.69) is 25.4 Å². The van der Waals surface area contributed by atoms with E-state index in [1.54, 1.807) is 53.2 Å². The van der Waals surface area contributed by atoms with E-state index in [1.807, 2.05) is 0 Å². The van der Waals surface area contributed by atoms with E-state index in [1.165, 1.54) is 24.8 Å². The highest BCUT2D eigenvalue weighted by Crippen LogP contribution is 2.23. The largest absolute Gasteiger partial charge is 0.337 e. The molecule has 0 aliphatic rings. The molecule has 4 rings (SSSR count). The normalized spacial score (nSPS) is 10.8. The highest BCUT2D eigenvalue weighted by molar-refractivity contribution is 5.94. The second-order valence-corrected chi connectivity index (χ2v) is 6.21. The molecule has 8 nitrogen and oxygen atoms in total. The SMILES string of the molecule is CN(Cc1cn[nH]c1-c1ccc(F)cc1)C(=O)c1ccnc(-n2cnnc2)c1. The molecular weight excluding hydrogens is 361 g/mol. The minimum absolute atomic E-state index is 0.164. The minimum Gasteiger partial charge on any atom is -0.337 e. The Balaban J connectivity index is 1.54. The second-order valence-electron chi connectivity index (χ2n) is 6.21. The summed E-state index contributed by atoms with van der Waals surface area (Å²) in [6, 6.07) is 9.45. The van der Waals surface area contributed by atoms with E-state index < -0.39 is 0 Å². The zero-order valence-electron chi connectivity index (χ0n) is 15.0. The van der Waals surface area contributed by atoms with Crippen LogP contribution in [0, 0.1) is 5.82 Å². The molecule has 0 bridgehead atoms. The molecule has 28 heavy (non-hydrogen) atoms. The molecule has 0 saturated carbocycles. The summed E-state index contributed by atoms with van der Waals surface area (Å²) < 4.78 is 14.8. The summed E-state index contributed by atoms with van der Waals surface area (Å²) in [5.74, 6) is 0.0845. The lowest BCUT2D eigenvalue weighted by Gasteiger charge is -2.17. The lowest BCUT2D eigenvalue weighted by Crippen LogP contribution is -2.26. The summed E-state index contributed by atoms with van der Waals surface area (Å²) in [6.45, 7) is 0.340. The van der Waals surface area contributed by atoms with E-state index in [4.69, 9.17) is 0 Å². The quantitative estimate of drug-likeness (QED) is 0.577. The van der Waals surface area contributed by atoms with Crippen LogP contribution in [-0.2, 0) is 6.54 Å². The van der Waals surface area contributed by atoms with Gasteiger partial charge in [-0.3, -0.25) is 14.5 Å². The van der Waals surface area contributed by atoms with Crippen molar-refractivity contribution in [3.05, 3.63) is 78.4 Å². The van der Waals surface area contributed by atoms with Crippen molar-refractivity contribution < 1.29 is 9.18 Å². The Morgan fingerprint density at radius 3 is 2.68 bits per heavy atom. The highest BCUT2D eigenvalue weighted by Gasteiger charge is 2.16. The van der Waals surface area contributed by atoms with Crippen LogP contribution in [-0.4, -0.2) is 47.8 Å². The number of pyridine rings is 1. The second kappa shape index (κ2) is 7.39. The monoisotopic (exact) mass is 377 g/mol. The number of carbonyl (C=O) groups excluding carboxylic acids is 1. The number of halogens is 1. The maximum Gasteiger partial charge on any atom is 0.254 e. The summed E-state index contributed by atoms with van der Waals surface area (Å²) in [4.78, 5) is 18.7. The molecule has 3 aromatic heterocycles. The third-order valence-electron chi connectivity index (χ3n) is 4.28. The lowest BCUT2D eigenvalue weighted by molar-refractivity contribution is 0.0785. The first-order chi connectivity index (χ1) is 13.6. The summed E-state index contributed by atoms with van der Waals surface area (Å²) in [5, 5.41) is 14.5. The summed E-state index contributed by atoms with van der Waals surface area (Å²) in [6.07, 6.45) is 6.26. The Morgan fingerprint density at radius 2 is 1.93 bits per heavy atom. The van der Waals surface area contributed by atoms with E-state index in [0.29, 0.717) is 17.9 Å². The number of carbonyl (C=O) groups is 1. The molecule has 3 heterocycles. The molecule has 0 aliphatic heterocycles. The molecule has 0 unspecified atom stereocenters. The summed E-state index contributed by atoms with van der Waals surface area (Å²) in [7, 11) is 1.71.